The SMILES string of the molecule is CC(=O)Oc1ccsccsc1. The Balaban J connectivity index is 2.88. The third-order valence-corrected chi connectivity index (χ3v) is 2.39. The molecule has 1 aromatic rings. The lowest BCUT2D eigenvalue weighted by molar-refractivity contribution is -0.131. The van der Waals surface area contributed by atoms with Crippen LogP contribution in [0.3, 0.4) is 0 Å². The number of esters is 1. The molecule has 0 spiro atoms. The molecule has 1 heterocycles. The first-order valence-corrected chi connectivity index (χ1v) is 5.18. The van der Waals surface area contributed by atoms with Gasteiger partial charge in [0.2, 0.25) is 0 Å². The number of hydrogen-bond acceptors (Lipinski definition) is 4. The van der Waals surface area contributed by atoms with Crippen LogP contribution in [-0.4, -0.2) is 5.97 Å². The largest absolute Gasteiger partial charge is 0.426 e. The van der Waals surface area contributed by atoms with Gasteiger partial charge in [-0.05, 0) is 11.4 Å². The summed E-state index contributed by atoms with van der Waals surface area (Å²) in [5.41, 5.74) is 0. The minimum atomic E-state index is -0.291. The predicted molar refractivity (Wildman–Crippen MR) is 51.1 cm³/mol. The van der Waals surface area contributed by atoms with Crippen LogP contribution >= 0.6 is 22.7 Å². The molecular weight excluding hydrogens is 192 g/mol. The van der Waals surface area contributed by atoms with Gasteiger partial charge in [-0.15, -0.1) is 11.3 Å². The summed E-state index contributed by atoms with van der Waals surface area (Å²) in [7, 11) is 0. The molecule has 0 atom stereocenters. The molecule has 0 amide bonds. The Hall–Kier alpha value is -0.870. The Labute approximate surface area is 78.8 Å². The summed E-state index contributed by atoms with van der Waals surface area (Å²) in [4.78, 5) is 10.6. The van der Waals surface area contributed by atoms with Gasteiger partial charge in [0.05, 0.1) is 0 Å². The van der Waals surface area contributed by atoms with Gasteiger partial charge in [0, 0.05) is 23.1 Å². The average molecular weight is 200 g/mol. The normalized spacial score (nSPS) is 8.75. The molecule has 0 N–H and O–H groups in total. The third kappa shape index (κ3) is 3.50. The smallest absolute Gasteiger partial charge is 0.308 e. The van der Waals surface area contributed by atoms with Crippen molar-refractivity contribution in [3.63, 3.8) is 0 Å². The zero-order valence-electron chi connectivity index (χ0n) is 6.52. The zero-order valence-corrected chi connectivity index (χ0v) is 8.15. The molecule has 0 radical (unpaired) electrons. The number of rotatable bonds is 1. The first-order chi connectivity index (χ1) is 5.79. The standard InChI is InChI=1S/C8H8O2S2/c1-7(9)10-8-2-3-11-4-5-12-6-8/h2-6H,1H3. The molecule has 0 saturated heterocycles. The van der Waals surface area contributed by atoms with Crippen molar-refractivity contribution < 1.29 is 9.53 Å². The second-order valence-electron chi connectivity index (χ2n) is 1.96. The van der Waals surface area contributed by atoms with Crippen LogP contribution in [0.15, 0.2) is 27.6 Å². The maximum Gasteiger partial charge on any atom is 0.308 e. The fourth-order valence-electron chi connectivity index (χ4n) is 0.586. The summed E-state index contributed by atoms with van der Waals surface area (Å²) < 4.78 is 4.89. The molecule has 0 saturated carbocycles. The van der Waals surface area contributed by atoms with Crippen molar-refractivity contribution in [2.24, 2.45) is 0 Å². The molecule has 0 aliphatic heterocycles. The Bertz CT molecular complexity index is 280. The van der Waals surface area contributed by atoms with Gasteiger partial charge in [-0.3, -0.25) is 4.79 Å². The van der Waals surface area contributed by atoms with Crippen molar-refractivity contribution >= 4 is 28.6 Å². The molecule has 0 bridgehead atoms. The zero-order chi connectivity index (χ0) is 8.81. The van der Waals surface area contributed by atoms with Crippen LogP contribution in [0, 0.1) is 0 Å². The molecule has 1 rings (SSSR count). The fraction of sp³-hybridized carbons (Fsp3) is 0.125. The summed E-state index contributed by atoms with van der Waals surface area (Å²) in [6, 6.07) is 1.77. The van der Waals surface area contributed by atoms with E-state index in [1.807, 2.05) is 16.1 Å². The van der Waals surface area contributed by atoms with E-state index < -0.39 is 0 Å². The molecule has 4 heteroatoms. The van der Waals surface area contributed by atoms with Crippen molar-refractivity contribution in [3.05, 3.63) is 27.6 Å². The maximum absolute atomic E-state index is 10.6. The quantitative estimate of drug-likeness (QED) is 0.651. The van der Waals surface area contributed by atoms with Crippen molar-refractivity contribution in [2.75, 3.05) is 0 Å². The van der Waals surface area contributed by atoms with Gasteiger partial charge in [0.25, 0.3) is 0 Å². The number of ether oxygens (including phenoxy) is 1. The minimum absolute atomic E-state index is 0.291. The van der Waals surface area contributed by atoms with Crippen molar-refractivity contribution in [1.82, 2.24) is 0 Å². The maximum atomic E-state index is 10.6. The highest BCUT2D eigenvalue weighted by Crippen LogP contribution is 2.11. The second-order valence-corrected chi connectivity index (χ2v) is 3.56. The van der Waals surface area contributed by atoms with Crippen LogP contribution in [-0.2, 0) is 4.79 Å². The topological polar surface area (TPSA) is 26.3 Å². The summed E-state index contributed by atoms with van der Waals surface area (Å²) >= 11 is 3.03. The average Bonchev–Trinajstić information content (AvgIpc) is 1.93. The molecule has 0 aliphatic carbocycles. The first-order valence-electron chi connectivity index (χ1n) is 3.30. The van der Waals surface area contributed by atoms with E-state index in [-0.39, 0.29) is 5.97 Å². The lowest BCUT2D eigenvalue weighted by Gasteiger charge is -1.95. The van der Waals surface area contributed by atoms with Crippen LogP contribution < -0.4 is 4.74 Å². The third-order valence-electron chi connectivity index (χ3n) is 0.969. The van der Waals surface area contributed by atoms with Gasteiger partial charge in [-0.1, -0.05) is 0 Å². The molecule has 2 nitrogen and oxygen atoms in total. The molecule has 0 aromatic carbocycles. The molecule has 12 heavy (non-hydrogen) atoms. The predicted octanol–water partition coefficient (Wildman–Crippen LogP) is 2.86. The van der Waals surface area contributed by atoms with Gasteiger partial charge in [-0.25, -0.2) is 0 Å². The van der Waals surface area contributed by atoms with Crippen LogP contribution in [0.2, 0.25) is 0 Å². The van der Waals surface area contributed by atoms with E-state index in [0.29, 0.717) is 5.75 Å². The molecule has 0 unspecified atom stereocenters. The summed E-state index contributed by atoms with van der Waals surface area (Å²) in [5.74, 6) is 0.297. The summed E-state index contributed by atoms with van der Waals surface area (Å²) in [6.07, 6.45) is 0. The van der Waals surface area contributed by atoms with E-state index in [1.165, 1.54) is 18.3 Å². The highest BCUT2D eigenvalue weighted by atomic mass is 32.1. The molecule has 1 aromatic heterocycles. The Morgan fingerprint density at radius 2 is 2.08 bits per heavy atom. The van der Waals surface area contributed by atoms with Crippen molar-refractivity contribution in [2.45, 2.75) is 6.92 Å². The van der Waals surface area contributed by atoms with Crippen molar-refractivity contribution in [1.29, 1.82) is 0 Å². The lowest BCUT2D eigenvalue weighted by atomic mass is 10.6. The second kappa shape index (κ2) is 4.90. The summed E-state index contributed by atoms with van der Waals surface area (Å²) in [5, 5.41) is 7.54. The van der Waals surface area contributed by atoms with E-state index in [9.17, 15) is 4.79 Å². The van der Waals surface area contributed by atoms with E-state index in [4.69, 9.17) is 4.74 Å². The molecule has 0 fully saturated rings. The van der Waals surface area contributed by atoms with Crippen molar-refractivity contribution in [3.8, 4) is 5.75 Å². The van der Waals surface area contributed by atoms with Gasteiger partial charge < -0.3 is 4.74 Å². The van der Waals surface area contributed by atoms with E-state index in [1.54, 1.807) is 22.8 Å². The van der Waals surface area contributed by atoms with E-state index in [0.717, 1.165) is 0 Å². The Kier molecular flexibility index (Phi) is 3.76. The van der Waals surface area contributed by atoms with Crippen LogP contribution in [0.5, 0.6) is 5.75 Å². The lowest BCUT2D eigenvalue weighted by Crippen LogP contribution is -1.99. The van der Waals surface area contributed by atoms with Gasteiger partial charge in [0.15, 0.2) is 0 Å². The van der Waals surface area contributed by atoms with E-state index >= 15 is 0 Å². The fourth-order valence-corrected chi connectivity index (χ4v) is 1.74. The Morgan fingerprint density at radius 3 is 2.83 bits per heavy atom. The highest BCUT2D eigenvalue weighted by molar-refractivity contribution is 7.11. The molecular formula is C8H8O2S2. The van der Waals surface area contributed by atoms with Crippen LogP contribution in [0.4, 0.5) is 0 Å². The monoisotopic (exact) mass is 200 g/mol. The van der Waals surface area contributed by atoms with Gasteiger partial charge >= 0.3 is 5.97 Å². The van der Waals surface area contributed by atoms with Gasteiger partial charge in [-0.2, -0.15) is 11.3 Å². The highest BCUT2D eigenvalue weighted by Gasteiger charge is 1.92. The van der Waals surface area contributed by atoms with Gasteiger partial charge in [0.1, 0.15) is 5.75 Å². The number of carbonyl (C=O) groups excluding carboxylic acids is 1. The first kappa shape index (κ1) is 9.22. The van der Waals surface area contributed by atoms with E-state index in [2.05, 4.69) is 0 Å². The Morgan fingerprint density at radius 1 is 1.33 bits per heavy atom. The summed E-state index contributed by atoms with van der Waals surface area (Å²) in [6.45, 7) is 1.39. The number of carbonyl (C=O) groups is 1. The number of hydrogen-bond donors (Lipinski definition) is 0. The van der Waals surface area contributed by atoms with Crippen LogP contribution in [0.1, 0.15) is 6.92 Å². The van der Waals surface area contributed by atoms with Crippen LogP contribution in [0.25, 0.3) is 0 Å². The minimum Gasteiger partial charge on any atom is -0.426 e. The molecule has 64 valence electrons. The molecule has 0 aliphatic rings.